The normalized spacial score (nSPS) is 15.8. The summed E-state index contributed by atoms with van der Waals surface area (Å²) in [5, 5.41) is 0. The molecule has 0 saturated carbocycles. The number of carbonyl (C=O) groups excluding carboxylic acids is 1. The van der Waals surface area contributed by atoms with Gasteiger partial charge < -0.3 is 9.64 Å². The standard InChI is InChI=1S/C32H39FN2O2/c1-3-25-37-31(36)32(4-2,28-9-6-5-7-10-28)19-8-20-34-21-23-35(24-22-34)30-17-13-27(14-18-30)26-11-15-29(33)16-12-26/h5-7,9-18H,3-4,8,19-25H2,1-2H3. The fourth-order valence-electron chi connectivity index (χ4n) is 5.32. The summed E-state index contributed by atoms with van der Waals surface area (Å²) < 4.78 is 18.9. The van der Waals surface area contributed by atoms with Crippen molar-refractivity contribution in [3.8, 4) is 11.1 Å². The van der Waals surface area contributed by atoms with Crippen molar-refractivity contribution >= 4 is 11.7 Å². The Morgan fingerprint density at radius 1 is 0.865 bits per heavy atom. The lowest BCUT2D eigenvalue weighted by molar-refractivity contribution is -0.151. The number of piperazine rings is 1. The van der Waals surface area contributed by atoms with E-state index in [-0.39, 0.29) is 11.8 Å². The molecule has 4 rings (SSSR count). The first-order chi connectivity index (χ1) is 18.1. The Kier molecular flexibility index (Phi) is 9.34. The molecule has 0 bridgehead atoms. The second kappa shape index (κ2) is 12.9. The molecule has 1 aliphatic heterocycles. The summed E-state index contributed by atoms with van der Waals surface area (Å²) in [4.78, 5) is 18.1. The molecule has 4 nitrogen and oxygen atoms in total. The molecule has 5 heteroatoms. The van der Waals surface area contributed by atoms with Crippen molar-refractivity contribution in [2.75, 3.05) is 44.2 Å². The first-order valence-electron chi connectivity index (χ1n) is 13.6. The van der Waals surface area contributed by atoms with Crippen molar-refractivity contribution in [3.63, 3.8) is 0 Å². The lowest BCUT2D eigenvalue weighted by Gasteiger charge is -2.37. The van der Waals surface area contributed by atoms with Crippen LogP contribution < -0.4 is 4.90 Å². The van der Waals surface area contributed by atoms with Gasteiger partial charge in [0.2, 0.25) is 0 Å². The zero-order valence-corrected chi connectivity index (χ0v) is 22.2. The Morgan fingerprint density at radius 3 is 2.08 bits per heavy atom. The topological polar surface area (TPSA) is 32.8 Å². The van der Waals surface area contributed by atoms with Gasteiger partial charge in [0, 0.05) is 31.9 Å². The van der Waals surface area contributed by atoms with Crippen LogP contribution in [0.4, 0.5) is 10.1 Å². The number of anilines is 1. The molecule has 1 atom stereocenters. The number of hydrogen-bond donors (Lipinski definition) is 0. The second-order valence-electron chi connectivity index (χ2n) is 9.92. The molecule has 37 heavy (non-hydrogen) atoms. The van der Waals surface area contributed by atoms with Crippen LogP contribution in [0.15, 0.2) is 78.9 Å². The molecule has 1 saturated heterocycles. The summed E-state index contributed by atoms with van der Waals surface area (Å²) in [6.07, 6.45) is 3.32. The minimum Gasteiger partial charge on any atom is -0.465 e. The summed E-state index contributed by atoms with van der Waals surface area (Å²) in [5.74, 6) is -0.299. The largest absolute Gasteiger partial charge is 0.465 e. The van der Waals surface area contributed by atoms with Crippen LogP contribution in [0.3, 0.4) is 0 Å². The van der Waals surface area contributed by atoms with Gasteiger partial charge in [-0.15, -0.1) is 0 Å². The minimum absolute atomic E-state index is 0.0862. The predicted molar refractivity (Wildman–Crippen MR) is 149 cm³/mol. The third kappa shape index (κ3) is 6.58. The number of ether oxygens (including phenoxy) is 1. The molecular weight excluding hydrogens is 463 g/mol. The predicted octanol–water partition coefficient (Wildman–Crippen LogP) is 6.70. The van der Waals surface area contributed by atoms with Crippen LogP contribution in [0.1, 0.15) is 45.1 Å². The highest BCUT2D eigenvalue weighted by molar-refractivity contribution is 5.83. The summed E-state index contributed by atoms with van der Waals surface area (Å²) >= 11 is 0. The number of halogens is 1. The van der Waals surface area contributed by atoms with E-state index in [1.54, 1.807) is 0 Å². The average Bonchev–Trinajstić information content (AvgIpc) is 2.95. The second-order valence-corrected chi connectivity index (χ2v) is 9.92. The number of rotatable bonds is 11. The zero-order chi connectivity index (χ0) is 26.1. The van der Waals surface area contributed by atoms with Gasteiger partial charge in [0.1, 0.15) is 5.82 Å². The molecule has 0 aliphatic carbocycles. The molecule has 0 radical (unpaired) electrons. The number of carbonyl (C=O) groups is 1. The molecular formula is C32H39FN2O2. The quantitative estimate of drug-likeness (QED) is 0.273. The first kappa shape index (κ1) is 26.9. The number of esters is 1. The summed E-state index contributed by atoms with van der Waals surface area (Å²) in [6.45, 7) is 9.55. The lowest BCUT2D eigenvalue weighted by Crippen LogP contribution is -2.47. The molecule has 3 aromatic carbocycles. The first-order valence-corrected chi connectivity index (χ1v) is 13.6. The Morgan fingerprint density at radius 2 is 1.49 bits per heavy atom. The highest BCUT2D eigenvalue weighted by atomic mass is 19.1. The molecule has 0 spiro atoms. The molecule has 1 heterocycles. The molecule has 0 amide bonds. The van der Waals surface area contributed by atoms with E-state index in [1.165, 1.54) is 17.8 Å². The molecule has 0 aromatic heterocycles. The molecule has 1 unspecified atom stereocenters. The Bertz CT molecular complexity index is 1110. The maximum atomic E-state index is 13.2. The fourth-order valence-corrected chi connectivity index (χ4v) is 5.32. The summed E-state index contributed by atoms with van der Waals surface area (Å²) in [6, 6.07) is 25.3. The summed E-state index contributed by atoms with van der Waals surface area (Å²) in [5.41, 5.74) is 3.82. The highest BCUT2D eigenvalue weighted by Crippen LogP contribution is 2.35. The van der Waals surface area contributed by atoms with Gasteiger partial charge >= 0.3 is 5.97 Å². The molecule has 3 aromatic rings. The maximum absolute atomic E-state index is 13.2. The van der Waals surface area contributed by atoms with Crippen LogP contribution in [0.25, 0.3) is 11.1 Å². The van der Waals surface area contributed by atoms with Crippen molar-refractivity contribution in [1.82, 2.24) is 4.90 Å². The summed E-state index contributed by atoms with van der Waals surface area (Å²) in [7, 11) is 0. The lowest BCUT2D eigenvalue weighted by atomic mass is 9.74. The maximum Gasteiger partial charge on any atom is 0.316 e. The van der Waals surface area contributed by atoms with Gasteiger partial charge in [-0.3, -0.25) is 9.69 Å². The molecule has 1 aliphatic rings. The van der Waals surface area contributed by atoms with Crippen LogP contribution in [0, 0.1) is 5.82 Å². The fraction of sp³-hybridized carbons (Fsp3) is 0.406. The van der Waals surface area contributed by atoms with E-state index >= 15 is 0 Å². The number of nitrogens with zero attached hydrogens (tertiary/aromatic N) is 2. The van der Waals surface area contributed by atoms with Gasteiger partial charge in [0.05, 0.1) is 12.0 Å². The monoisotopic (exact) mass is 502 g/mol. The van der Waals surface area contributed by atoms with Crippen molar-refractivity contribution in [1.29, 1.82) is 0 Å². The Hall–Kier alpha value is -3.18. The van der Waals surface area contributed by atoms with E-state index in [4.69, 9.17) is 4.74 Å². The molecule has 196 valence electrons. The van der Waals surface area contributed by atoms with Crippen LogP contribution in [0.5, 0.6) is 0 Å². The zero-order valence-electron chi connectivity index (χ0n) is 22.2. The van der Waals surface area contributed by atoms with Crippen molar-refractivity contribution in [2.45, 2.75) is 44.9 Å². The Balaban J connectivity index is 1.31. The van der Waals surface area contributed by atoms with Gasteiger partial charge in [0.25, 0.3) is 0 Å². The van der Waals surface area contributed by atoms with Gasteiger partial charge in [-0.05, 0) is 73.2 Å². The van der Waals surface area contributed by atoms with E-state index in [1.807, 2.05) is 37.3 Å². The number of benzene rings is 3. The SMILES string of the molecule is CCCOC(=O)C(CC)(CCCN1CCN(c2ccc(-c3ccc(F)cc3)cc2)CC1)c1ccccc1. The number of hydrogen-bond acceptors (Lipinski definition) is 4. The van der Waals surface area contributed by atoms with Crippen molar-refractivity contribution in [2.24, 2.45) is 0 Å². The van der Waals surface area contributed by atoms with Crippen LogP contribution in [-0.2, 0) is 14.9 Å². The van der Waals surface area contributed by atoms with Crippen LogP contribution in [0.2, 0.25) is 0 Å². The van der Waals surface area contributed by atoms with Gasteiger partial charge in [-0.1, -0.05) is 68.4 Å². The Labute approximate surface area is 221 Å². The van der Waals surface area contributed by atoms with Gasteiger partial charge in [0.15, 0.2) is 0 Å². The third-order valence-corrected chi connectivity index (χ3v) is 7.62. The van der Waals surface area contributed by atoms with Crippen molar-refractivity contribution < 1.29 is 13.9 Å². The van der Waals surface area contributed by atoms with Crippen LogP contribution in [-0.4, -0.2) is 50.2 Å². The van der Waals surface area contributed by atoms with E-state index < -0.39 is 5.41 Å². The van der Waals surface area contributed by atoms with Crippen molar-refractivity contribution in [3.05, 3.63) is 90.2 Å². The van der Waals surface area contributed by atoms with E-state index in [2.05, 4.69) is 53.1 Å². The molecule has 0 N–H and O–H groups in total. The van der Waals surface area contributed by atoms with Gasteiger partial charge in [-0.2, -0.15) is 0 Å². The third-order valence-electron chi connectivity index (χ3n) is 7.62. The average molecular weight is 503 g/mol. The van der Waals surface area contributed by atoms with E-state index in [9.17, 15) is 9.18 Å². The molecule has 1 fully saturated rings. The van der Waals surface area contributed by atoms with Crippen LogP contribution >= 0.6 is 0 Å². The van der Waals surface area contributed by atoms with E-state index in [0.29, 0.717) is 6.61 Å². The van der Waals surface area contributed by atoms with E-state index in [0.717, 1.165) is 75.1 Å². The van der Waals surface area contributed by atoms with Gasteiger partial charge in [-0.25, -0.2) is 4.39 Å². The minimum atomic E-state index is -0.579. The highest BCUT2D eigenvalue weighted by Gasteiger charge is 2.39. The smallest absolute Gasteiger partial charge is 0.316 e.